The molecule has 1 aromatic rings. The van der Waals surface area contributed by atoms with E-state index in [0.29, 0.717) is 19.1 Å². The minimum Gasteiger partial charge on any atom is -0.450 e. The third-order valence-electron chi connectivity index (χ3n) is 3.71. The number of nitrogens with zero attached hydrogens (tertiary/aromatic N) is 1. The maximum absolute atomic E-state index is 11.6. The molecular formula is C16H27IN4O2S. The number of rotatable bonds is 7. The number of aryl methyl sites for hydroxylation is 1. The van der Waals surface area contributed by atoms with Gasteiger partial charge in [0.15, 0.2) is 5.96 Å². The van der Waals surface area contributed by atoms with Crippen molar-refractivity contribution in [2.45, 2.75) is 39.3 Å². The van der Waals surface area contributed by atoms with Crippen LogP contribution in [0, 0.1) is 12.8 Å². The molecule has 0 bridgehead atoms. The largest absolute Gasteiger partial charge is 0.450 e. The second kappa shape index (κ2) is 10.8. The fourth-order valence-electron chi connectivity index (χ4n) is 2.34. The molecule has 3 N–H and O–H groups in total. The Balaban J connectivity index is 0.00000288. The van der Waals surface area contributed by atoms with Gasteiger partial charge in [0.1, 0.15) is 0 Å². The zero-order chi connectivity index (χ0) is 16.7. The van der Waals surface area contributed by atoms with E-state index < -0.39 is 0 Å². The first-order chi connectivity index (χ1) is 11.1. The first-order valence-electron chi connectivity index (χ1n) is 8.05. The van der Waals surface area contributed by atoms with Crippen LogP contribution in [0.4, 0.5) is 4.79 Å². The molecule has 1 atom stereocenters. The Kier molecular flexibility index (Phi) is 9.42. The van der Waals surface area contributed by atoms with Crippen molar-refractivity contribution in [3.8, 4) is 0 Å². The van der Waals surface area contributed by atoms with Crippen LogP contribution in [0.5, 0.6) is 0 Å². The fourth-order valence-corrected chi connectivity index (χ4v) is 3.17. The Morgan fingerprint density at radius 1 is 1.42 bits per heavy atom. The average molecular weight is 466 g/mol. The van der Waals surface area contributed by atoms with Crippen LogP contribution in [0.3, 0.4) is 0 Å². The molecule has 24 heavy (non-hydrogen) atoms. The molecule has 0 radical (unpaired) electrons. The number of thiophene rings is 1. The molecule has 1 heterocycles. The Morgan fingerprint density at radius 3 is 2.71 bits per heavy atom. The number of hydrogen-bond donors (Lipinski definition) is 3. The number of nitrogens with one attached hydrogen (secondary N) is 3. The van der Waals surface area contributed by atoms with Gasteiger partial charge >= 0.3 is 6.09 Å². The standard InChI is InChI=1S/C16H26N4O2S.HI/c1-4-22-16(21)20-14(12-6-7-12)10-19-15(17-3)18-9-13-8-5-11(2)23-13;/h5,8,12,14H,4,6-7,9-10H2,1-3H3,(H,20,21)(H2,17,18,19);1H. The third kappa shape index (κ3) is 7.25. The Bertz CT molecular complexity index is 546. The number of ether oxygens (including phenoxy) is 1. The number of alkyl carbamates (subject to hydrolysis) is 1. The molecule has 1 aliphatic rings. The number of amides is 1. The number of halogens is 1. The topological polar surface area (TPSA) is 74.8 Å². The van der Waals surface area contributed by atoms with Gasteiger partial charge in [0.2, 0.25) is 0 Å². The molecule has 0 aromatic carbocycles. The van der Waals surface area contributed by atoms with Crippen molar-refractivity contribution in [1.29, 1.82) is 0 Å². The smallest absolute Gasteiger partial charge is 0.407 e. The highest BCUT2D eigenvalue weighted by Gasteiger charge is 2.32. The van der Waals surface area contributed by atoms with E-state index in [9.17, 15) is 4.79 Å². The zero-order valence-corrected chi connectivity index (χ0v) is 17.6. The maximum Gasteiger partial charge on any atom is 0.407 e. The molecule has 0 saturated heterocycles. The van der Waals surface area contributed by atoms with Gasteiger partial charge in [-0.15, -0.1) is 35.3 Å². The molecule has 1 aromatic heterocycles. The minimum absolute atomic E-state index is 0. The maximum atomic E-state index is 11.6. The summed E-state index contributed by atoms with van der Waals surface area (Å²) in [4.78, 5) is 18.4. The molecule has 1 amide bonds. The van der Waals surface area contributed by atoms with E-state index in [-0.39, 0.29) is 36.1 Å². The summed E-state index contributed by atoms with van der Waals surface area (Å²) in [6, 6.07) is 4.32. The van der Waals surface area contributed by atoms with Gasteiger partial charge in [-0.05, 0) is 44.7 Å². The van der Waals surface area contributed by atoms with Crippen molar-refractivity contribution in [1.82, 2.24) is 16.0 Å². The van der Waals surface area contributed by atoms with Crippen molar-refractivity contribution < 1.29 is 9.53 Å². The lowest BCUT2D eigenvalue weighted by Crippen LogP contribution is -2.48. The molecule has 1 saturated carbocycles. The molecule has 6 nitrogen and oxygen atoms in total. The molecule has 1 aliphatic carbocycles. The van der Waals surface area contributed by atoms with Crippen LogP contribution in [0.2, 0.25) is 0 Å². The molecule has 0 aliphatic heterocycles. The second-order valence-corrected chi connectivity index (χ2v) is 7.00. The van der Waals surface area contributed by atoms with Crippen LogP contribution in [0.25, 0.3) is 0 Å². The number of hydrogen-bond acceptors (Lipinski definition) is 4. The van der Waals surface area contributed by atoms with Gasteiger partial charge in [-0.3, -0.25) is 4.99 Å². The van der Waals surface area contributed by atoms with E-state index in [1.165, 1.54) is 9.75 Å². The monoisotopic (exact) mass is 466 g/mol. The van der Waals surface area contributed by atoms with Gasteiger partial charge in [-0.2, -0.15) is 0 Å². The van der Waals surface area contributed by atoms with E-state index in [1.807, 2.05) is 6.92 Å². The Morgan fingerprint density at radius 2 is 2.17 bits per heavy atom. The van der Waals surface area contributed by atoms with Gasteiger partial charge < -0.3 is 20.7 Å². The number of aliphatic imine (C=N–C) groups is 1. The van der Waals surface area contributed by atoms with Gasteiger partial charge in [0, 0.05) is 23.3 Å². The van der Waals surface area contributed by atoms with Gasteiger partial charge in [-0.25, -0.2) is 4.79 Å². The van der Waals surface area contributed by atoms with Crippen molar-refractivity contribution >= 4 is 47.4 Å². The highest BCUT2D eigenvalue weighted by Crippen LogP contribution is 2.32. The van der Waals surface area contributed by atoms with Crippen LogP contribution in [-0.2, 0) is 11.3 Å². The minimum atomic E-state index is -0.344. The average Bonchev–Trinajstić information content (AvgIpc) is 3.29. The van der Waals surface area contributed by atoms with Crippen LogP contribution in [0.1, 0.15) is 29.5 Å². The first-order valence-corrected chi connectivity index (χ1v) is 8.87. The summed E-state index contributed by atoms with van der Waals surface area (Å²) in [5.74, 6) is 1.28. The fraction of sp³-hybridized carbons (Fsp3) is 0.625. The quantitative estimate of drug-likeness (QED) is 0.328. The number of guanidine groups is 1. The Hall–Kier alpha value is -1.03. The lowest BCUT2D eigenvalue weighted by molar-refractivity contribution is 0.146. The number of carbonyl (C=O) groups is 1. The molecule has 1 unspecified atom stereocenters. The highest BCUT2D eigenvalue weighted by molar-refractivity contribution is 14.0. The summed E-state index contributed by atoms with van der Waals surface area (Å²) in [6.45, 7) is 5.69. The second-order valence-electron chi connectivity index (χ2n) is 5.63. The predicted molar refractivity (Wildman–Crippen MR) is 109 cm³/mol. The summed E-state index contributed by atoms with van der Waals surface area (Å²) >= 11 is 1.77. The molecule has 0 spiro atoms. The van der Waals surface area contributed by atoms with E-state index in [0.717, 1.165) is 25.3 Å². The van der Waals surface area contributed by atoms with E-state index in [1.54, 1.807) is 18.4 Å². The van der Waals surface area contributed by atoms with Crippen LogP contribution in [-0.4, -0.2) is 38.3 Å². The van der Waals surface area contributed by atoms with Gasteiger partial charge in [0.25, 0.3) is 0 Å². The van der Waals surface area contributed by atoms with Crippen LogP contribution in [0.15, 0.2) is 17.1 Å². The summed E-state index contributed by atoms with van der Waals surface area (Å²) < 4.78 is 4.97. The lowest BCUT2D eigenvalue weighted by atomic mass is 10.2. The predicted octanol–water partition coefficient (Wildman–Crippen LogP) is 2.86. The van der Waals surface area contributed by atoms with Gasteiger partial charge in [-0.1, -0.05) is 0 Å². The van der Waals surface area contributed by atoms with E-state index in [2.05, 4.69) is 40.0 Å². The van der Waals surface area contributed by atoms with E-state index in [4.69, 9.17) is 4.74 Å². The SMILES string of the molecule is CCOC(=O)NC(CNC(=NC)NCc1ccc(C)s1)C1CC1.I. The van der Waals surface area contributed by atoms with Crippen molar-refractivity contribution in [2.24, 2.45) is 10.9 Å². The molecule has 8 heteroatoms. The first kappa shape index (κ1) is 21.0. The Labute approximate surface area is 164 Å². The summed E-state index contributed by atoms with van der Waals surface area (Å²) in [5, 5.41) is 9.52. The molecular weight excluding hydrogens is 439 g/mol. The zero-order valence-electron chi connectivity index (χ0n) is 14.4. The van der Waals surface area contributed by atoms with Crippen LogP contribution < -0.4 is 16.0 Å². The highest BCUT2D eigenvalue weighted by atomic mass is 127. The summed E-state index contributed by atoms with van der Waals surface area (Å²) in [5.41, 5.74) is 0. The molecule has 1 fully saturated rings. The third-order valence-corrected chi connectivity index (χ3v) is 4.71. The van der Waals surface area contributed by atoms with Crippen molar-refractivity contribution in [3.63, 3.8) is 0 Å². The molecule has 136 valence electrons. The normalized spacial score (nSPS) is 15.2. The summed E-state index contributed by atoms with van der Waals surface area (Å²) in [7, 11) is 1.75. The van der Waals surface area contributed by atoms with Crippen molar-refractivity contribution in [2.75, 3.05) is 20.2 Å². The van der Waals surface area contributed by atoms with Gasteiger partial charge in [0.05, 0.1) is 19.2 Å². The van der Waals surface area contributed by atoms with Crippen molar-refractivity contribution in [3.05, 3.63) is 21.9 Å². The summed E-state index contributed by atoms with van der Waals surface area (Å²) in [6.07, 6.45) is 1.96. The number of carbonyl (C=O) groups excluding carboxylic acids is 1. The van der Waals surface area contributed by atoms with Crippen LogP contribution >= 0.6 is 35.3 Å². The lowest BCUT2D eigenvalue weighted by Gasteiger charge is -2.20. The van der Waals surface area contributed by atoms with E-state index >= 15 is 0 Å². The molecule has 2 rings (SSSR count).